The van der Waals surface area contributed by atoms with Crippen LogP contribution >= 0.6 is 0 Å². The van der Waals surface area contributed by atoms with Crippen molar-refractivity contribution in [1.29, 1.82) is 0 Å². The topological polar surface area (TPSA) is 162 Å². The van der Waals surface area contributed by atoms with Gasteiger partial charge in [0, 0.05) is 31.4 Å². The number of likely N-dealkylation sites (tertiary alicyclic amines) is 1. The number of fused-ring (bicyclic) bond motifs is 1. The van der Waals surface area contributed by atoms with Crippen molar-refractivity contribution in [2.24, 2.45) is 5.41 Å². The minimum Gasteiger partial charge on any atom is -0.465 e. The fourth-order valence-corrected chi connectivity index (χ4v) is 5.70. The predicted molar refractivity (Wildman–Crippen MR) is 144 cm³/mol. The van der Waals surface area contributed by atoms with E-state index >= 15 is 0 Å². The molecule has 1 saturated heterocycles. The highest BCUT2D eigenvalue weighted by Gasteiger charge is 2.40. The molecule has 1 saturated carbocycles. The smallest absolute Gasteiger partial charge is 0.407 e. The number of hydrogen-bond donors (Lipinski definition) is 2. The lowest BCUT2D eigenvalue weighted by molar-refractivity contribution is 0.0802. The van der Waals surface area contributed by atoms with E-state index in [4.69, 9.17) is 25.3 Å². The van der Waals surface area contributed by atoms with Gasteiger partial charge >= 0.3 is 6.09 Å². The van der Waals surface area contributed by atoms with Crippen LogP contribution in [-0.4, -0.2) is 64.1 Å². The maximum absolute atomic E-state index is 11.5. The summed E-state index contributed by atoms with van der Waals surface area (Å²) in [5, 5.41) is 19.5. The Morgan fingerprint density at radius 3 is 2.44 bits per heavy atom. The Morgan fingerprint density at radius 2 is 1.82 bits per heavy atom. The summed E-state index contributed by atoms with van der Waals surface area (Å²) >= 11 is 0. The van der Waals surface area contributed by atoms with Gasteiger partial charge in [-0.1, -0.05) is 19.0 Å². The van der Waals surface area contributed by atoms with Gasteiger partial charge in [0.25, 0.3) is 0 Å². The van der Waals surface area contributed by atoms with E-state index in [2.05, 4.69) is 29.0 Å². The van der Waals surface area contributed by atoms with E-state index in [0.29, 0.717) is 59.1 Å². The minimum atomic E-state index is -0.881. The van der Waals surface area contributed by atoms with Crippen LogP contribution in [0.25, 0.3) is 33.8 Å². The molecule has 6 rings (SSSR count). The number of nitrogens with two attached hydrogens (primary N) is 1. The molecule has 12 heteroatoms. The molecule has 5 heterocycles. The normalized spacial score (nSPS) is 19.5. The van der Waals surface area contributed by atoms with Crippen molar-refractivity contribution >= 4 is 22.9 Å². The molecule has 1 aliphatic heterocycles. The number of piperidine rings is 1. The third-order valence-corrected chi connectivity index (χ3v) is 7.82. The van der Waals surface area contributed by atoms with E-state index in [0.717, 1.165) is 24.2 Å². The van der Waals surface area contributed by atoms with E-state index in [1.807, 2.05) is 37.8 Å². The minimum absolute atomic E-state index is 0.135. The van der Waals surface area contributed by atoms with Gasteiger partial charge in [-0.2, -0.15) is 5.10 Å². The number of aromatic nitrogens is 7. The van der Waals surface area contributed by atoms with Crippen LogP contribution in [-0.2, 0) is 5.54 Å². The maximum atomic E-state index is 11.5. The van der Waals surface area contributed by atoms with Crippen LogP contribution in [0.3, 0.4) is 0 Å². The zero-order chi connectivity index (χ0) is 27.7. The lowest BCUT2D eigenvalue weighted by Crippen LogP contribution is -2.46. The van der Waals surface area contributed by atoms with Crippen molar-refractivity contribution in [2.45, 2.75) is 71.3 Å². The van der Waals surface area contributed by atoms with Gasteiger partial charge in [0.1, 0.15) is 23.5 Å². The van der Waals surface area contributed by atoms with Crippen LogP contribution in [0.5, 0.6) is 0 Å². The second kappa shape index (κ2) is 8.72. The summed E-state index contributed by atoms with van der Waals surface area (Å²) < 4.78 is 7.74. The van der Waals surface area contributed by atoms with Crippen LogP contribution < -0.4 is 5.73 Å². The third kappa shape index (κ3) is 4.27. The van der Waals surface area contributed by atoms with Crippen LogP contribution in [0.2, 0.25) is 0 Å². The second-order valence-corrected chi connectivity index (χ2v) is 12.3. The highest BCUT2D eigenvalue weighted by Crippen LogP contribution is 2.48. The second-order valence-electron chi connectivity index (χ2n) is 12.3. The Bertz CT molecular complexity index is 1560. The fourth-order valence-electron chi connectivity index (χ4n) is 5.70. The average Bonchev–Trinajstić information content (AvgIpc) is 3.48. The van der Waals surface area contributed by atoms with Gasteiger partial charge in [-0.05, 0) is 56.9 Å². The van der Waals surface area contributed by atoms with E-state index in [-0.39, 0.29) is 22.8 Å². The van der Waals surface area contributed by atoms with E-state index in [1.165, 1.54) is 11.2 Å². The Hall–Kier alpha value is -4.09. The Morgan fingerprint density at radius 1 is 1.10 bits per heavy atom. The lowest BCUT2D eigenvalue weighted by Gasteiger charge is -2.43. The highest BCUT2D eigenvalue weighted by molar-refractivity contribution is 6.00. The first-order valence-corrected chi connectivity index (χ1v) is 13.3. The first-order valence-electron chi connectivity index (χ1n) is 13.3. The molecule has 0 radical (unpaired) electrons. The van der Waals surface area contributed by atoms with Gasteiger partial charge in [0.15, 0.2) is 17.2 Å². The summed E-state index contributed by atoms with van der Waals surface area (Å²) in [5.74, 6) is 1.97. The summed E-state index contributed by atoms with van der Waals surface area (Å²) in [6, 6.07) is 0. The molecule has 2 fully saturated rings. The molecular formula is C27H33N9O3. The molecule has 1 aliphatic carbocycles. The molecule has 1 unspecified atom stereocenters. The van der Waals surface area contributed by atoms with Crippen LogP contribution in [0, 0.1) is 5.41 Å². The molecule has 0 bridgehead atoms. The quantitative estimate of drug-likeness (QED) is 0.379. The zero-order valence-corrected chi connectivity index (χ0v) is 22.8. The van der Waals surface area contributed by atoms with Gasteiger partial charge in [-0.15, -0.1) is 0 Å². The fraction of sp³-hybridized carbons (Fsp3) is 0.519. The largest absolute Gasteiger partial charge is 0.465 e. The number of carbonyl (C=O) groups is 1. The molecule has 4 aromatic heterocycles. The molecule has 12 nitrogen and oxygen atoms in total. The van der Waals surface area contributed by atoms with Crippen molar-refractivity contribution in [1.82, 2.24) is 39.8 Å². The molecular weight excluding hydrogens is 498 g/mol. The van der Waals surface area contributed by atoms with Crippen molar-refractivity contribution < 1.29 is 14.4 Å². The van der Waals surface area contributed by atoms with Crippen molar-refractivity contribution in [3.05, 3.63) is 30.0 Å². The van der Waals surface area contributed by atoms with Gasteiger partial charge in [-0.3, -0.25) is 0 Å². The van der Waals surface area contributed by atoms with Crippen LogP contribution in [0.15, 0.2) is 23.2 Å². The average molecular weight is 532 g/mol. The summed E-state index contributed by atoms with van der Waals surface area (Å²) in [5.41, 5.74) is 9.12. The number of nitrogen functional groups attached to an aromatic ring is 1. The molecule has 3 N–H and O–H groups in total. The molecule has 204 valence electrons. The Kier molecular flexibility index (Phi) is 5.63. The van der Waals surface area contributed by atoms with Gasteiger partial charge in [0.2, 0.25) is 0 Å². The number of hydrogen-bond acceptors (Lipinski definition) is 9. The van der Waals surface area contributed by atoms with Gasteiger partial charge in [0.05, 0.1) is 16.5 Å². The summed E-state index contributed by atoms with van der Waals surface area (Å²) in [6.07, 6.45) is 6.99. The third-order valence-electron chi connectivity index (χ3n) is 7.82. The number of carboxylic acid groups (broad SMARTS) is 1. The number of amides is 1. The number of nitrogens with zero attached hydrogens (tertiary/aromatic N) is 8. The number of rotatable bonds is 4. The van der Waals surface area contributed by atoms with E-state index < -0.39 is 6.09 Å². The molecule has 0 spiro atoms. The number of anilines is 1. The molecule has 0 aromatic carbocycles. The van der Waals surface area contributed by atoms with Crippen molar-refractivity contribution in [3.8, 4) is 22.8 Å². The lowest BCUT2D eigenvalue weighted by atomic mass is 9.71. The maximum Gasteiger partial charge on any atom is 0.407 e. The molecule has 1 amide bonds. The highest BCUT2D eigenvalue weighted by atomic mass is 16.5. The molecule has 1 atom stereocenters. The first kappa shape index (κ1) is 25.2. The predicted octanol–water partition coefficient (Wildman–Crippen LogP) is 4.65. The zero-order valence-electron chi connectivity index (χ0n) is 22.8. The molecule has 4 aromatic rings. The monoisotopic (exact) mass is 531 g/mol. The molecule has 39 heavy (non-hydrogen) atoms. The standard InChI is InChI=1S/C27H33N9O3/c1-26(2,3)36-24-18(22(28)31-13-32-24)19(33-36)20-17(21(39-34-20)14-6-7-14)23-29-10-15(11-30-23)16-8-9-35(25(37)38)12-27(16,4)5/h10-11,13-14,16H,6-9,12H2,1-5H3,(H,37,38)(H2,28,31,32). The summed E-state index contributed by atoms with van der Waals surface area (Å²) in [6.45, 7) is 11.3. The Labute approximate surface area is 225 Å². The summed E-state index contributed by atoms with van der Waals surface area (Å²) in [4.78, 5) is 31.3. The molecule has 2 aliphatic rings. The SMILES string of the molecule is CC1(C)CN(C(=O)O)CCC1c1cnc(-c2c(-c3nn(C(C)(C)C)c4ncnc(N)c34)noc2C2CC2)nc1. The van der Waals surface area contributed by atoms with Gasteiger partial charge < -0.3 is 20.3 Å². The van der Waals surface area contributed by atoms with Crippen LogP contribution in [0.4, 0.5) is 10.6 Å². The van der Waals surface area contributed by atoms with Crippen molar-refractivity contribution in [3.63, 3.8) is 0 Å². The van der Waals surface area contributed by atoms with Gasteiger partial charge in [-0.25, -0.2) is 29.4 Å². The van der Waals surface area contributed by atoms with Crippen LogP contribution in [0.1, 0.15) is 77.0 Å². The van der Waals surface area contributed by atoms with Crippen molar-refractivity contribution in [2.75, 3.05) is 18.8 Å². The first-order chi connectivity index (χ1) is 18.5. The summed E-state index contributed by atoms with van der Waals surface area (Å²) in [7, 11) is 0. The van der Waals surface area contributed by atoms with E-state index in [1.54, 1.807) is 0 Å². The Balaban J connectivity index is 1.44. The van der Waals surface area contributed by atoms with E-state index in [9.17, 15) is 9.90 Å².